The summed E-state index contributed by atoms with van der Waals surface area (Å²) >= 11 is 6.00. The van der Waals surface area contributed by atoms with Gasteiger partial charge in [0.2, 0.25) is 0 Å². The Kier molecular flexibility index (Phi) is 5.14. The summed E-state index contributed by atoms with van der Waals surface area (Å²) in [6, 6.07) is 19.5. The largest absolute Gasteiger partial charge is 0.309 e. The van der Waals surface area contributed by atoms with Gasteiger partial charge in [-0.2, -0.15) is 0 Å². The maximum absolute atomic E-state index is 6.00. The molecule has 0 aliphatic carbocycles. The van der Waals surface area contributed by atoms with E-state index in [0.717, 1.165) is 24.7 Å². The Bertz CT molecular complexity index is 582. The van der Waals surface area contributed by atoms with Crippen molar-refractivity contribution in [3.63, 3.8) is 0 Å². The molecule has 1 fully saturated rings. The summed E-state index contributed by atoms with van der Waals surface area (Å²) in [7, 11) is 2.21. The molecule has 1 aliphatic heterocycles. The Labute approximate surface area is 138 Å². The number of nitrogens with zero attached hydrogens (tertiary/aromatic N) is 1. The first-order chi connectivity index (χ1) is 10.7. The van der Waals surface area contributed by atoms with E-state index >= 15 is 0 Å². The summed E-state index contributed by atoms with van der Waals surface area (Å²) in [6.45, 7) is 3.16. The van der Waals surface area contributed by atoms with Crippen molar-refractivity contribution in [1.29, 1.82) is 0 Å². The number of hydrogen-bond donors (Lipinski definition) is 1. The van der Waals surface area contributed by atoms with E-state index in [4.69, 9.17) is 11.6 Å². The van der Waals surface area contributed by atoms with Crippen LogP contribution in [0.2, 0.25) is 5.02 Å². The lowest BCUT2D eigenvalue weighted by Gasteiger charge is -2.36. The second-order valence-corrected chi connectivity index (χ2v) is 6.71. The average Bonchev–Trinajstić information content (AvgIpc) is 2.54. The predicted octanol–water partition coefficient (Wildman–Crippen LogP) is 3.92. The van der Waals surface area contributed by atoms with E-state index in [1.165, 1.54) is 17.5 Å². The van der Waals surface area contributed by atoms with Crippen LogP contribution in [0.3, 0.4) is 0 Å². The summed E-state index contributed by atoms with van der Waals surface area (Å²) in [5.41, 5.74) is 2.74. The van der Waals surface area contributed by atoms with Crippen LogP contribution >= 0.6 is 11.6 Å². The molecule has 0 aromatic heterocycles. The van der Waals surface area contributed by atoms with E-state index in [0.29, 0.717) is 12.0 Å². The Morgan fingerprint density at radius 2 is 1.77 bits per heavy atom. The average molecular weight is 315 g/mol. The zero-order valence-corrected chi connectivity index (χ0v) is 13.8. The van der Waals surface area contributed by atoms with Crippen LogP contribution in [-0.4, -0.2) is 31.1 Å². The minimum absolute atomic E-state index is 0.527. The topological polar surface area (TPSA) is 15.3 Å². The third-order valence-corrected chi connectivity index (χ3v) is 4.66. The standard InChI is InChI=1S/C19H23ClN2/c1-22-13-17(16-7-9-18(20)10-8-16)11-19(14-22)21-12-15-5-3-2-4-6-15/h2-10,17,19,21H,11-14H2,1H3. The number of halogens is 1. The highest BCUT2D eigenvalue weighted by molar-refractivity contribution is 6.30. The number of piperidine rings is 1. The van der Waals surface area contributed by atoms with Crippen molar-refractivity contribution >= 4 is 11.6 Å². The molecule has 116 valence electrons. The molecule has 2 aromatic carbocycles. The third kappa shape index (κ3) is 4.10. The highest BCUT2D eigenvalue weighted by Crippen LogP contribution is 2.27. The van der Waals surface area contributed by atoms with Gasteiger partial charge in [0.1, 0.15) is 0 Å². The highest BCUT2D eigenvalue weighted by Gasteiger charge is 2.25. The maximum atomic E-state index is 6.00. The van der Waals surface area contributed by atoms with Crippen LogP contribution in [0.4, 0.5) is 0 Å². The Morgan fingerprint density at radius 3 is 2.50 bits per heavy atom. The van der Waals surface area contributed by atoms with Gasteiger partial charge in [-0.15, -0.1) is 0 Å². The zero-order chi connectivity index (χ0) is 15.4. The Hall–Kier alpha value is -1.35. The Balaban J connectivity index is 1.62. The van der Waals surface area contributed by atoms with Crippen LogP contribution in [0, 0.1) is 0 Å². The van der Waals surface area contributed by atoms with E-state index in [9.17, 15) is 0 Å². The third-order valence-electron chi connectivity index (χ3n) is 4.41. The molecule has 3 heteroatoms. The molecule has 2 atom stereocenters. The summed E-state index contributed by atoms with van der Waals surface area (Å²) in [4.78, 5) is 2.42. The molecule has 2 aromatic rings. The van der Waals surface area contributed by atoms with Crippen molar-refractivity contribution < 1.29 is 0 Å². The van der Waals surface area contributed by atoms with Gasteiger partial charge in [-0.05, 0) is 42.6 Å². The van der Waals surface area contributed by atoms with E-state index in [1.807, 2.05) is 12.1 Å². The molecule has 1 heterocycles. The fourth-order valence-corrected chi connectivity index (χ4v) is 3.43. The van der Waals surface area contributed by atoms with Gasteiger partial charge < -0.3 is 10.2 Å². The van der Waals surface area contributed by atoms with Crippen molar-refractivity contribution in [2.24, 2.45) is 0 Å². The van der Waals surface area contributed by atoms with Crippen LogP contribution in [0.5, 0.6) is 0 Å². The highest BCUT2D eigenvalue weighted by atomic mass is 35.5. The minimum Gasteiger partial charge on any atom is -0.309 e. The molecule has 0 radical (unpaired) electrons. The predicted molar refractivity (Wildman–Crippen MR) is 93.4 cm³/mol. The lowest BCUT2D eigenvalue weighted by molar-refractivity contribution is 0.204. The fourth-order valence-electron chi connectivity index (χ4n) is 3.30. The van der Waals surface area contributed by atoms with E-state index < -0.39 is 0 Å². The molecule has 0 saturated carbocycles. The van der Waals surface area contributed by atoms with Crippen molar-refractivity contribution in [1.82, 2.24) is 10.2 Å². The van der Waals surface area contributed by atoms with Gasteiger partial charge in [0.15, 0.2) is 0 Å². The maximum Gasteiger partial charge on any atom is 0.0406 e. The van der Waals surface area contributed by atoms with Crippen molar-refractivity contribution in [3.05, 3.63) is 70.7 Å². The first kappa shape index (κ1) is 15.5. The zero-order valence-electron chi connectivity index (χ0n) is 13.0. The summed E-state index contributed by atoms with van der Waals surface area (Å²) in [6.07, 6.45) is 1.18. The number of rotatable bonds is 4. The number of nitrogens with one attached hydrogen (secondary N) is 1. The second-order valence-electron chi connectivity index (χ2n) is 6.27. The van der Waals surface area contributed by atoms with E-state index in [2.05, 4.69) is 59.7 Å². The molecule has 1 aliphatic rings. The quantitative estimate of drug-likeness (QED) is 0.920. The molecule has 3 rings (SSSR count). The molecular formula is C19H23ClN2. The number of likely N-dealkylation sites (N-methyl/N-ethyl adjacent to an activating group) is 1. The van der Waals surface area contributed by atoms with Gasteiger partial charge in [-0.1, -0.05) is 54.1 Å². The van der Waals surface area contributed by atoms with Crippen LogP contribution in [0.15, 0.2) is 54.6 Å². The molecule has 0 bridgehead atoms. The molecule has 0 amide bonds. The summed E-state index contributed by atoms with van der Waals surface area (Å²) < 4.78 is 0. The number of hydrogen-bond acceptors (Lipinski definition) is 2. The minimum atomic E-state index is 0.527. The molecule has 0 spiro atoms. The van der Waals surface area contributed by atoms with Crippen molar-refractivity contribution in [2.75, 3.05) is 20.1 Å². The smallest absolute Gasteiger partial charge is 0.0406 e. The fraction of sp³-hybridized carbons (Fsp3) is 0.368. The summed E-state index contributed by atoms with van der Waals surface area (Å²) in [5, 5.41) is 4.52. The SMILES string of the molecule is CN1CC(NCc2ccccc2)CC(c2ccc(Cl)cc2)C1. The van der Waals surface area contributed by atoms with E-state index in [1.54, 1.807) is 0 Å². The molecule has 2 unspecified atom stereocenters. The lowest BCUT2D eigenvalue weighted by atomic mass is 9.88. The van der Waals surface area contributed by atoms with Crippen LogP contribution in [0.25, 0.3) is 0 Å². The number of likely N-dealkylation sites (tertiary alicyclic amines) is 1. The lowest BCUT2D eigenvalue weighted by Crippen LogP contribution is -2.46. The summed E-state index contributed by atoms with van der Waals surface area (Å²) in [5.74, 6) is 0.573. The monoisotopic (exact) mass is 314 g/mol. The molecule has 22 heavy (non-hydrogen) atoms. The molecule has 2 nitrogen and oxygen atoms in total. The molecular weight excluding hydrogens is 292 g/mol. The van der Waals surface area contributed by atoms with Crippen molar-refractivity contribution in [2.45, 2.75) is 24.9 Å². The Morgan fingerprint density at radius 1 is 1.05 bits per heavy atom. The van der Waals surface area contributed by atoms with Gasteiger partial charge in [-0.25, -0.2) is 0 Å². The van der Waals surface area contributed by atoms with Gasteiger partial charge in [0.25, 0.3) is 0 Å². The first-order valence-corrected chi connectivity index (χ1v) is 8.30. The van der Waals surface area contributed by atoms with Gasteiger partial charge in [-0.3, -0.25) is 0 Å². The van der Waals surface area contributed by atoms with Crippen LogP contribution < -0.4 is 5.32 Å². The number of benzene rings is 2. The molecule has 1 saturated heterocycles. The van der Waals surface area contributed by atoms with Crippen molar-refractivity contribution in [3.8, 4) is 0 Å². The van der Waals surface area contributed by atoms with Gasteiger partial charge in [0.05, 0.1) is 0 Å². The first-order valence-electron chi connectivity index (χ1n) is 7.92. The van der Waals surface area contributed by atoms with E-state index in [-0.39, 0.29) is 0 Å². The van der Waals surface area contributed by atoms with Gasteiger partial charge in [0, 0.05) is 30.7 Å². The van der Waals surface area contributed by atoms with Crippen LogP contribution in [0.1, 0.15) is 23.5 Å². The molecule has 1 N–H and O–H groups in total. The second kappa shape index (κ2) is 7.28. The van der Waals surface area contributed by atoms with Gasteiger partial charge >= 0.3 is 0 Å². The van der Waals surface area contributed by atoms with Crippen LogP contribution in [-0.2, 0) is 6.54 Å². The normalized spacial score (nSPS) is 22.6.